The zero-order valence-electron chi connectivity index (χ0n) is 47.6. The predicted molar refractivity (Wildman–Crippen MR) is 294 cm³/mol. The van der Waals surface area contributed by atoms with E-state index < -0.39 is 0 Å². The summed E-state index contributed by atoms with van der Waals surface area (Å²) in [5.74, 6) is 0. The minimum atomic E-state index is -0.179. The zero-order chi connectivity index (χ0) is 54.3. The summed E-state index contributed by atoms with van der Waals surface area (Å²) in [6.07, 6.45) is 23.2. The third-order valence-electron chi connectivity index (χ3n) is 20.2. The SMILES string of the molecule is CCOC(=O)N1CCC(N2CCC(N3C(=O)N[C@H]4CCCC[C@@H]43)CC2)C1.CCOC(=O)N1CCC(N2CCC(N3C(=O)N[C@H]4CCCC[C@@H]43)CC2)C1.CCOC(=O)N1CC[C@@H](N2CCC(N3C(=O)N[C@H]4CCCC[C@@H]43)CC2)C1. The van der Waals surface area contributed by atoms with Gasteiger partial charge in [-0.25, -0.2) is 28.8 Å². The van der Waals surface area contributed by atoms with Crippen LogP contribution >= 0.6 is 0 Å². The van der Waals surface area contributed by atoms with Gasteiger partial charge in [-0.2, -0.15) is 0 Å². The molecule has 21 heteroatoms. The first-order valence-corrected chi connectivity index (χ1v) is 31.2. The summed E-state index contributed by atoms with van der Waals surface area (Å²) >= 11 is 0. The molecular weight excluding hydrogens is 997 g/mol. The van der Waals surface area contributed by atoms with E-state index >= 15 is 0 Å². The minimum Gasteiger partial charge on any atom is -0.450 e. The molecule has 78 heavy (non-hydrogen) atoms. The molecule has 12 fully saturated rings. The highest BCUT2D eigenvalue weighted by Gasteiger charge is 2.48. The van der Waals surface area contributed by atoms with Crippen molar-refractivity contribution in [2.24, 2.45) is 0 Å². The van der Waals surface area contributed by atoms with Gasteiger partial charge in [0.15, 0.2) is 0 Å². The molecule has 3 saturated carbocycles. The van der Waals surface area contributed by atoms with Gasteiger partial charge in [-0.15, -0.1) is 0 Å². The third kappa shape index (κ3) is 12.8. The molecule has 0 bridgehead atoms. The van der Waals surface area contributed by atoms with Crippen LogP contribution in [0.3, 0.4) is 0 Å². The zero-order valence-corrected chi connectivity index (χ0v) is 47.6. The van der Waals surface area contributed by atoms with Gasteiger partial charge >= 0.3 is 36.4 Å². The number of hydrogen-bond acceptors (Lipinski definition) is 12. The van der Waals surface area contributed by atoms with Gasteiger partial charge in [-0.1, -0.05) is 38.5 Å². The summed E-state index contributed by atoms with van der Waals surface area (Å²) in [4.78, 5) is 92.8. The molecule has 438 valence electrons. The Kier molecular flexibility index (Phi) is 19.2. The van der Waals surface area contributed by atoms with E-state index in [9.17, 15) is 28.8 Å². The van der Waals surface area contributed by atoms with Gasteiger partial charge in [0.1, 0.15) is 0 Å². The van der Waals surface area contributed by atoms with Crippen molar-refractivity contribution < 1.29 is 43.0 Å². The molecule has 0 radical (unpaired) electrons. The molecule has 12 aliphatic rings. The average Bonchev–Trinajstić information content (AvgIpc) is 4.45. The lowest BCUT2D eigenvalue weighted by molar-refractivity contribution is 0.0796. The van der Waals surface area contributed by atoms with Crippen molar-refractivity contribution in [3.63, 3.8) is 0 Å². The van der Waals surface area contributed by atoms with Crippen LogP contribution in [0.25, 0.3) is 0 Å². The van der Waals surface area contributed by atoms with Crippen LogP contribution in [0.2, 0.25) is 0 Å². The molecule has 21 nitrogen and oxygen atoms in total. The number of nitrogens with one attached hydrogen (secondary N) is 3. The average molecular weight is 1090 g/mol. The first-order valence-electron chi connectivity index (χ1n) is 31.2. The summed E-state index contributed by atoms with van der Waals surface area (Å²) in [6, 6.07) is 5.31. The minimum absolute atomic E-state index is 0.162. The Bertz CT molecular complexity index is 1830. The van der Waals surface area contributed by atoms with E-state index in [2.05, 4.69) is 45.3 Å². The Morgan fingerprint density at radius 2 is 0.603 bits per heavy atom. The smallest absolute Gasteiger partial charge is 0.409 e. The first-order chi connectivity index (χ1) is 38.0. The molecule has 9 aliphatic heterocycles. The standard InChI is InChI=1S/3C19H32N4O3/c3*1-2-26-19(25)22-12-9-15(13-22)21-10-7-14(8-11-21)23-17-6-4-3-5-16(17)20-18(23)24/h3*14-17H,2-13H2,1H3,(H,20,24)/t2*15?,16-,17-;15-,16+,17+/m001/s1. The van der Waals surface area contributed by atoms with Gasteiger partial charge in [-0.3, -0.25) is 14.7 Å². The van der Waals surface area contributed by atoms with Crippen LogP contribution in [0.1, 0.15) is 156 Å². The van der Waals surface area contributed by atoms with Crippen LogP contribution in [-0.2, 0) is 14.2 Å². The molecule has 2 unspecified atom stereocenters. The number of ether oxygens (including phenoxy) is 3. The molecule has 9 heterocycles. The van der Waals surface area contributed by atoms with Gasteiger partial charge in [0.25, 0.3) is 0 Å². The summed E-state index contributed by atoms with van der Waals surface area (Å²) in [6.45, 7) is 17.7. The molecule has 0 spiro atoms. The lowest BCUT2D eigenvalue weighted by Gasteiger charge is -2.41. The first kappa shape index (κ1) is 56.8. The summed E-state index contributed by atoms with van der Waals surface area (Å²) in [7, 11) is 0. The highest BCUT2D eigenvalue weighted by Crippen LogP contribution is 2.37. The van der Waals surface area contributed by atoms with Crippen LogP contribution in [0, 0.1) is 0 Å². The molecule has 12 rings (SSSR count). The number of carbonyl (C=O) groups is 6. The Morgan fingerprint density at radius 1 is 0.359 bits per heavy atom. The van der Waals surface area contributed by atoms with Crippen molar-refractivity contribution in [3.05, 3.63) is 0 Å². The van der Waals surface area contributed by atoms with Crippen molar-refractivity contribution >= 4 is 36.4 Å². The van der Waals surface area contributed by atoms with Crippen LogP contribution < -0.4 is 16.0 Å². The molecule has 0 aromatic heterocycles. The third-order valence-corrected chi connectivity index (χ3v) is 20.2. The predicted octanol–water partition coefficient (Wildman–Crippen LogP) is 6.05. The van der Waals surface area contributed by atoms with Gasteiger partial charge in [0, 0.05) is 115 Å². The molecule has 9 amide bonds. The second kappa shape index (κ2) is 26.4. The lowest BCUT2D eigenvalue weighted by Crippen LogP contribution is -2.52. The van der Waals surface area contributed by atoms with E-state index in [1.807, 2.05) is 35.5 Å². The van der Waals surface area contributed by atoms with Crippen molar-refractivity contribution in [1.82, 2.24) is 60.0 Å². The number of carbonyl (C=O) groups excluding carboxylic acids is 6. The van der Waals surface area contributed by atoms with E-state index in [-0.39, 0.29) is 36.4 Å². The number of nitrogens with zero attached hydrogens (tertiary/aromatic N) is 9. The van der Waals surface area contributed by atoms with Crippen LogP contribution in [-0.4, -0.2) is 251 Å². The number of rotatable bonds is 9. The second-order valence-electron chi connectivity index (χ2n) is 24.5. The number of hydrogen-bond donors (Lipinski definition) is 3. The second-order valence-corrected chi connectivity index (χ2v) is 24.5. The summed E-state index contributed by atoms with van der Waals surface area (Å²) in [5, 5.41) is 9.65. The Balaban J connectivity index is 0.000000132. The van der Waals surface area contributed by atoms with Crippen molar-refractivity contribution in [1.29, 1.82) is 0 Å². The van der Waals surface area contributed by atoms with Crippen LogP contribution in [0.4, 0.5) is 28.8 Å². The molecule has 9 saturated heterocycles. The maximum atomic E-state index is 12.5. The van der Waals surface area contributed by atoms with E-state index in [1.54, 1.807) is 0 Å². The normalized spacial score (nSPS) is 33.3. The number of amides is 9. The fourth-order valence-electron chi connectivity index (χ4n) is 16.1. The van der Waals surface area contributed by atoms with Gasteiger partial charge in [0.2, 0.25) is 0 Å². The van der Waals surface area contributed by atoms with E-state index in [0.717, 1.165) is 175 Å². The van der Waals surface area contributed by atoms with Crippen molar-refractivity contribution in [3.8, 4) is 0 Å². The fourth-order valence-corrected chi connectivity index (χ4v) is 16.1. The summed E-state index contributed by atoms with van der Waals surface area (Å²) < 4.78 is 15.4. The monoisotopic (exact) mass is 1090 g/mol. The van der Waals surface area contributed by atoms with Gasteiger partial charge < -0.3 is 59.6 Å². The Hall–Kier alpha value is -4.50. The van der Waals surface area contributed by atoms with E-state index in [1.165, 1.54) is 38.5 Å². The maximum absolute atomic E-state index is 12.5. The molecule has 0 aromatic rings. The van der Waals surface area contributed by atoms with Gasteiger partial charge in [-0.05, 0) is 117 Å². The highest BCUT2D eigenvalue weighted by molar-refractivity contribution is 5.79. The van der Waals surface area contributed by atoms with E-state index in [0.29, 0.717) is 92.3 Å². The molecular formula is C57H96N12O9. The quantitative estimate of drug-likeness (QED) is 0.227. The maximum Gasteiger partial charge on any atom is 0.409 e. The topological polar surface area (TPSA) is 195 Å². The van der Waals surface area contributed by atoms with Crippen molar-refractivity contribution in [2.45, 2.75) is 228 Å². The highest BCUT2D eigenvalue weighted by atomic mass is 16.6. The number of fused-ring (bicyclic) bond motifs is 3. The fraction of sp³-hybridized carbons (Fsp3) is 0.895. The Labute approximate surface area is 464 Å². The molecule has 9 atom stereocenters. The Morgan fingerprint density at radius 3 is 0.859 bits per heavy atom. The van der Waals surface area contributed by atoms with Crippen LogP contribution in [0.5, 0.6) is 0 Å². The van der Waals surface area contributed by atoms with Crippen molar-refractivity contribution in [2.75, 3.05) is 98.4 Å². The lowest BCUT2D eigenvalue weighted by atomic mass is 9.89. The largest absolute Gasteiger partial charge is 0.450 e. The van der Waals surface area contributed by atoms with E-state index in [4.69, 9.17) is 14.2 Å². The van der Waals surface area contributed by atoms with Gasteiger partial charge in [0.05, 0.1) is 56.1 Å². The number of likely N-dealkylation sites (tertiary alicyclic amines) is 6. The summed E-state index contributed by atoms with van der Waals surface area (Å²) in [5.41, 5.74) is 0. The molecule has 3 aliphatic carbocycles. The number of urea groups is 3. The molecule has 3 N–H and O–H groups in total. The van der Waals surface area contributed by atoms with Crippen LogP contribution in [0.15, 0.2) is 0 Å². The number of piperidine rings is 3. The molecule has 0 aromatic carbocycles.